The minimum atomic E-state index is -0.575. The number of nitro benzene ring substituents is 1. The van der Waals surface area contributed by atoms with Gasteiger partial charge in [0.2, 0.25) is 5.95 Å². The molecule has 4 aromatic rings. The van der Waals surface area contributed by atoms with Crippen LogP contribution in [0.3, 0.4) is 0 Å². The smallest absolute Gasteiger partial charge is 0.293 e. The number of ether oxygens (including phenoxy) is 1. The molecule has 2 aromatic carbocycles. The van der Waals surface area contributed by atoms with Crippen LogP contribution in [0, 0.1) is 15.9 Å². The molecule has 12 heteroatoms. The molecule has 0 bridgehead atoms. The molecule has 0 aliphatic rings. The van der Waals surface area contributed by atoms with Gasteiger partial charge in [0, 0.05) is 6.07 Å². The summed E-state index contributed by atoms with van der Waals surface area (Å²) >= 11 is 6.00. The monoisotopic (exact) mass is 471 g/mol. The number of nitro groups is 1. The Balaban J connectivity index is 1.35. The van der Waals surface area contributed by atoms with Crippen molar-refractivity contribution in [2.24, 2.45) is 0 Å². The zero-order valence-electron chi connectivity index (χ0n) is 16.8. The Kier molecular flexibility index (Phi) is 6.31. The zero-order valence-corrected chi connectivity index (χ0v) is 17.5. The SMILES string of the molecule is O=C(Nc1ncn(Cc2ccc(F)cc2)n1)c1ccc(COc2cc([N+](=O)[O-])ccc2Cl)o1. The van der Waals surface area contributed by atoms with Gasteiger partial charge in [0.15, 0.2) is 5.76 Å². The van der Waals surface area contributed by atoms with Crippen LogP contribution in [0.4, 0.5) is 16.0 Å². The molecule has 10 nitrogen and oxygen atoms in total. The number of benzene rings is 2. The standard InChI is InChI=1S/C21H15ClFN5O5/c22-17-7-5-15(28(30)31)9-19(17)32-11-16-6-8-18(33-16)20(29)25-21-24-12-27(26-21)10-13-1-3-14(23)4-2-13/h1-9,12H,10-11H2,(H,25,26,29). The fourth-order valence-electron chi connectivity index (χ4n) is 2.81. The Morgan fingerprint density at radius 1 is 1.21 bits per heavy atom. The molecule has 0 aliphatic heterocycles. The number of rotatable bonds is 8. The van der Waals surface area contributed by atoms with Crippen molar-refractivity contribution >= 4 is 29.1 Å². The van der Waals surface area contributed by atoms with E-state index in [0.29, 0.717) is 12.3 Å². The second-order valence-corrected chi connectivity index (χ2v) is 7.18. The van der Waals surface area contributed by atoms with Gasteiger partial charge in [-0.05, 0) is 35.9 Å². The van der Waals surface area contributed by atoms with Crippen LogP contribution in [-0.4, -0.2) is 25.6 Å². The van der Waals surface area contributed by atoms with E-state index in [2.05, 4.69) is 15.4 Å². The van der Waals surface area contributed by atoms with Gasteiger partial charge >= 0.3 is 0 Å². The Bertz CT molecular complexity index is 1300. The first-order chi connectivity index (χ1) is 15.9. The van der Waals surface area contributed by atoms with Crippen LogP contribution in [0.1, 0.15) is 21.9 Å². The molecular formula is C21H15ClFN5O5. The number of aromatic nitrogens is 3. The van der Waals surface area contributed by atoms with Crippen molar-refractivity contribution in [2.75, 3.05) is 5.32 Å². The van der Waals surface area contributed by atoms with Crippen molar-refractivity contribution in [2.45, 2.75) is 13.2 Å². The highest BCUT2D eigenvalue weighted by Gasteiger charge is 2.15. The van der Waals surface area contributed by atoms with E-state index in [1.54, 1.807) is 12.1 Å². The van der Waals surface area contributed by atoms with Crippen LogP contribution in [0.15, 0.2) is 65.3 Å². The number of non-ortho nitro benzene ring substituents is 1. The van der Waals surface area contributed by atoms with Gasteiger partial charge in [-0.2, -0.15) is 0 Å². The normalized spacial score (nSPS) is 10.7. The molecular weight excluding hydrogens is 457 g/mol. The van der Waals surface area contributed by atoms with Crippen LogP contribution in [0.25, 0.3) is 0 Å². The van der Waals surface area contributed by atoms with E-state index in [1.807, 2.05) is 0 Å². The van der Waals surface area contributed by atoms with E-state index >= 15 is 0 Å². The summed E-state index contributed by atoms with van der Waals surface area (Å²) in [6.07, 6.45) is 1.43. The molecule has 0 aliphatic carbocycles. The van der Waals surface area contributed by atoms with E-state index in [4.69, 9.17) is 20.8 Å². The van der Waals surface area contributed by atoms with Gasteiger partial charge in [0.1, 0.15) is 30.3 Å². The quantitative estimate of drug-likeness (QED) is 0.297. The molecule has 0 saturated carbocycles. The average Bonchev–Trinajstić information content (AvgIpc) is 3.44. The topological polar surface area (TPSA) is 125 Å². The molecule has 0 radical (unpaired) electrons. The Morgan fingerprint density at radius 2 is 2.00 bits per heavy atom. The van der Waals surface area contributed by atoms with Crippen LogP contribution in [0.2, 0.25) is 5.02 Å². The molecule has 1 amide bonds. The molecule has 0 spiro atoms. The maximum absolute atomic E-state index is 13.0. The third-order valence-electron chi connectivity index (χ3n) is 4.40. The van der Waals surface area contributed by atoms with Crippen molar-refractivity contribution in [3.05, 3.63) is 99.0 Å². The van der Waals surface area contributed by atoms with Crippen molar-refractivity contribution in [1.82, 2.24) is 14.8 Å². The number of carbonyl (C=O) groups is 1. The third-order valence-corrected chi connectivity index (χ3v) is 4.71. The van der Waals surface area contributed by atoms with Crippen molar-refractivity contribution in [3.63, 3.8) is 0 Å². The molecule has 0 fully saturated rings. The number of nitrogens with zero attached hydrogens (tertiary/aromatic N) is 4. The molecule has 2 heterocycles. The van der Waals surface area contributed by atoms with E-state index in [9.17, 15) is 19.3 Å². The van der Waals surface area contributed by atoms with Gasteiger partial charge in [-0.1, -0.05) is 23.7 Å². The molecule has 0 unspecified atom stereocenters. The minimum absolute atomic E-state index is 0.00590. The summed E-state index contributed by atoms with van der Waals surface area (Å²) < 4.78 is 25.4. The molecule has 168 valence electrons. The third kappa shape index (κ3) is 5.52. The number of furan rings is 1. The molecule has 0 atom stereocenters. The van der Waals surface area contributed by atoms with Crippen molar-refractivity contribution in [1.29, 1.82) is 0 Å². The minimum Gasteiger partial charge on any atom is -0.484 e. The number of amides is 1. The lowest BCUT2D eigenvalue weighted by molar-refractivity contribution is -0.384. The molecule has 2 aromatic heterocycles. The lowest BCUT2D eigenvalue weighted by Gasteiger charge is -2.06. The van der Waals surface area contributed by atoms with Gasteiger partial charge in [0.05, 0.1) is 22.6 Å². The first-order valence-electron chi connectivity index (χ1n) is 9.48. The number of hydrogen-bond donors (Lipinski definition) is 1. The second kappa shape index (κ2) is 9.49. The highest BCUT2D eigenvalue weighted by Crippen LogP contribution is 2.29. The van der Waals surface area contributed by atoms with Crippen molar-refractivity contribution < 1.29 is 23.3 Å². The summed E-state index contributed by atoms with van der Waals surface area (Å²) in [4.78, 5) is 26.8. The summed E-state index contributed by atoms with van der Waals surface area (Å²) in [5.41, 5.74) is 0.652. The largest absolute Gasteiger partial charge is 0.484 e. The van der Waals surface area contributed by atoms with E-state index < -0.39 is 10.8 Å². The maximum atomic E-state index is 13.0. The van der Waals surface area contributed by atoms with Crippen LogP contribution in [0.5, 0.6) is 5.75 Å². The first kappa shape index (κ1) is 22.0. The molecule has 4 rings (SSSR count). The summed E-state index contributed by atoms with van der Waals surface area (Å²) in [6, 6.07) is 12.7. The lowest BCUT2D eigenvalue weighted by Crippen LogP contribution is -2.12. The van der Waals surface area contributed by atoms with Gasteiger partial charge in [-0.25, -0.2) is 14.1 Å². The summed E-state index contributed by atoms with van der Waals surface area (Å²) in [5, 5.41) is 17.8. The van der Waals surface area contributed by atoms with Crippen LogP contribution >= 0.6 is 11.6 Å². The summed E-state index contributed by atoms with van der Waals surface area (Å²) in [6.45, 7) is 0.254. The Hall–Kier alpha value is -4.25. The molecule has 0 saturated heterocycles. The highest BCUT2D eigenvalue weighted by atomic mass is 35.5. The van der Waals surface area contributed by atoms with Crippen LogP contribution in [-0.2, 0) is 13.2 Å². The van der Waals surface area contributed by atoms with E-state index in [0.717, 1.165) is 5.56 Å². The van der Waals surface area contributed by atoms with E-state index in [-0.39, 0.29) is 40.6 Å². The number of anilines is 1. The molecule has 1 N–H and O–H groups in total. The Morgan fingerprint density at radius 3 is 2.76 bits per heavy atom. The summed E-state index contributed by atoms with van der Waals surface area (Å²) in [5.74, 6) is -0.425. The predicted molar refractivity (Wildman–Crippen MR) is 115 cm³/mol. The number of halogens is 2. The van der Waals surface area contributed by atoms with Gasteiger partial charge in [0.25, 0.3) is 11.6 Å². The number of hydrogen-bond acceptors (Lipinski definition) is 7. The van der Waals surface area contributed by atoms with Gasteiger partial charge in [-0.15, -0.1) is 5.10 Å². The summed E-state index contributed by atoms with van der Waals surface area (Å²) in [7, 11) is 0. The fourth-order valence-corrected chi connectivity index (χ4v) is 2.98. The zero-order chi connectivity index (χ0) is 23.4. The predicted octanol–water partition coefficient (Wildman–Crippen LogP) is 4.45. The second-order valence-electron chi connectivity index (χ2n) is 6.77. The number of carbonyl (C=O) groups excluding carboxylic acids is 1. The number of nitrogens with one attached hydrogen (secondary N) is 1. The van der Waals surface area contributed by atoms with Crippen molar-refractivity contribution in [3.8, 4) is 5.75 Å². The van der Waals surface area contributed by atoms with Crippen LogP contribution < -0.4 is 10.1 Å². The maximum Gasteiger partial charge on any atom is 0.293 e. The van der Waals surface area contributed by atoms with Gasteiger partial charge in [-0.3, -0.25) is 20.2 Å². The Labute approximate surface area is 190 Å². The van der Waals surface area contributed by atoms with Gasteiger partial charge < -0.3 is 9.15 Å². The molecule has 33 heavy (non-hydrogen) atoms. The first-order valence-corrected chi connectivity index (χ1v) is 9.86. The highest BCUT2D eigenvalue weighted by molar-refractivity contribution is 6.32. The average molecular weight is 472 g/mol. The fraction of sp³-hybridized carbons (Fsp3) is 0.0952. The van der Waals surface area contributed by atoms with E-state index in [1.165, 1.54) is 53.5 Å². The lowest BCUT2D eigenvalue weighted by atomic mass is 10.2.